The van der Waals surface area contributed by atoms with E-state index in [1.807, 2.05) is 0 Å². The second kappa shape index (κ2) is 4.97. The van der Waals surface area contributed by atoms with Crippen LogP contribution in [0.1, 0.15) is 0 Å². The summed E-state index contributed by atoms with van der Waals surface area (Å²) >= 11 is 1.80. The van der Waals surface area contributed by atoms with Gasteiger partial charge in [0.2, 0.25) is 0 Å². The summed E-state index contributed by atoms with van der Waals surface area (Å²) in [4.78, 5) is 4.87. The summed E-state index contributed by atoms with van der Waals surface area (Å²) in [5, 5.41) is 2.66. The van der Waals surface area contributed by atoms with Gasteiger partial charge in [0.25, 0.3) is 0 Å². The van der Waals surface area contributed by atoms with Crippen molar-refractivity contribution < 1.29 is 0 Å². The van der Waals surface area contributed by atoms with Gasteiger partial charge < -0.3 is 4.98 Å². The molecule has 1 aromatic heterocycles. The van der Waals surface area contributed by atoms with Crippen molar-refractivity contribution in [3.63, 3.8) is 0 Å². The van der Waals surface area contributed by atoms with Gasteiger partial charge in [-0.3, -0.25) is 0 Å². The van der Waals surface area contributed by atoms with Crippen LogP contribution < -0.4 is 0 Å². The summed E-state index contributed by atoms with van der Waals surface area (Å²) in [6, 6.07) is 23.6. The Morgan fingerprint density at radius 1 is 0.714 bits per heavy atom. The molecule has 102 valence electrons. The van der Waals surface area contributed by atoms with Crippen LogP contribution in [0.4, 0.5) is 0 Å². The van der Waals surface area contributed by atoms with Gasteiger partial charge in [-0.2, -0.15) is 0 Å². The van der Waals surface area contributed by atoms with E-state index in [1.165, 1.54) is 37.8 Å². The lowest BCUT2D eigenvalue weighted by molar-refractivity contribution is 1.51. The summed E-state index contributed by atoms with van der Waals surface area (Å²) in [6.45, 7) is 0. The Labute approximate surface area is 128 Å². The van der Waals surface area contributed by atoms with Crippen molar-refractivity contribution in [1.29, 1.82) is 0 Å². The summed E-state index contributed by atoms with van der Waals surface area (Å²) in [5.41, 5.74) is 4.97. The molecule has 0 aliphatic heterocycles. The van der Waals surface area contributed by atoms with Crippen LogP contribution in [0.3, 0.4) is 0 Å². The summed E-state index contributed by atoms with van der Waals surface area (Å²) in [6.07, 6.45) is 2.14. The molecule has 1 N–H and O–H groups in total. The number of hydrogen-bond acceptors (Lipinski definition) is 1. The van der Waals surface area contributed by atoms with E-state index < -0.39 is 0 Å². The molecule has 4 aromatic rings. The molecule has 0 atom stereocenters. The fourth-order valence-electron chi connectivity index (χ4n) is 2.99. The van der Waals surface area contributed by atoms with E-state index in [0.717, 1.165) is 0 Å². The minimum atomic E-state index is 1.20. The maximum Gasteiger partial charge on any atom is 0.0476 e. The first-order valence-corrected chi connectivity index (χ1v) is 8.24. The summed E-state index contributed by atoms with van der Waals surface area (Å²) in [5.74, 6) is 0. The zero-order valence-electron chi connectivity index (χ0n) is 11.8. The molecule has 0 fully saturated rings. The van der Waals surface area contributed by atoms with E-state index in [9.17, 15) is 0 Å². The zero-order chi connectivity index (χ0) is 14.2. The molecule has 2 heteroatoms. The van der Waals surface area contributed by atoms with Crippen LogP contribution in [0.5, 0.6) is 0 Å². The number of H-pyrrole nitrogens is 1. The van der Waals surface area contributed by atoms with Crippen molar-refractivity contribution in [1.82, 2.24) is 4.98 Å². The van der Waals surface area contributed by atoms with Gasteiger partial charge in [0.1, 0.15) is 0 Å². The number of aromatic amines is 1. The maximum atomic E-state index is 3.55. The summed E-state index contributed by atoms with van der Waals surface area (Å²) in [7, 11) is 0. The van der Waals surface area contributed by atoms with E-state index in [-0.39, 0.29) is 0 Å². The van der Waals surface area contributed by atoms with Crippen LogP contribution in [0, 0.1) is 0 Å². The standard InChI is InChI=1S/C19H15NS/c1-21-17-12-6-11-16-19(17)18-14(9-5-10-15(18)20-16)13-7-3-2-4-8-13/h2-12,20H,1H3. The number of nitrogens with one attached hydrogen (secondary N) is 1. The normalized spacial score (nSPS) is 11.3. The average molecular weight is 289 g/mol. The highest BCUT2D eigenvalue weighted by Gasteiger charge is 2.12. The number of thioether (sulfide) groups is 1. The van der Waals surface area contributed by atoms with Crippen molar-refractivity contribution >= 4 is 33.6 Å². The van der Waals surface area contributed by atoms with Crippen LogP contribution in [0.15, 0.2) is 71.6 Å². The topological polar surface area (TPSA) is 15.8 Å². The van der Waals surface area contributed by atoms with E-state index in [4.69, 9.17) is 0 Å². The molecule has 1 nitrogen and oxygen atoms in total. The van der Waals surface area contributed by atoms with Gasteiger partial charge in [-0.05, 0) is 35.6 Å². The molecule has 0 bridgehead atoms. The zero-order valence-corrected chi connectivity index (χ0v) is 12.6. The Morgan fingerprint density at radius 2 is 1.43 bits per heavy atom. The van der Waals surface area contributed by atoms with Gasteiger partial charge in [-0.1, -0.05) is 48.5 Å². The minimum absolute atomic E-state index is 1.20. The molecule has 0 radical (unpaired) electrons. The third-order valence-corrected chi connectivity index (χ3v) is 4.69. The molecular weight excluding hydrogens is 274 g/mol. The Balaban J connectivity index is 2.18. The molecule has 21 heavy (non-hydrogen) atoms. The van der Waals surface area contributed by atoms with Crippen molar-refractivity contribution in [2.45, 2.75) is 4.90 Å². The average Bonchev–Trinajstić information content (AvgIpc) is 2.94. The molecule has 0 unspecified atom stereocenters. The van der Waals surface area contributed by atoms with Gasteiger partial charge >= 0.3 is 0 Å². The van der Waals surface area contributed by atoms with Crippen LogP contribution in [0.2, 0.25) is 0 Å². The van der Waals surface area contributed by atoms with Crippen LogP contribution in [-0.4, -0.2) is 11.2 Å². The Bertz CT molecular complexity index is 922. The van der Waals surface area contributed by atoms with Gasteiger partial charge in [-0.25, -0.2) is 0 Å². The summed E-state index contributed by atoms with van der Waals surface area (Å²) < 4.78 is 0. The number of fused-ring (bicyclic) bond motifs is 3. The Hall–Kier alpha value is -2.19. The fraction of sp³-hybridized carbons (Fsp3) is 0.0526. The molecule has 0 spiro atoms. The first-order chi connectivity index (χ1) is 10.4. The third-order valence-electron chi connectivity index (χ3n) is 3.91. The molecule has 0 aliphatic rings. The Morgan fingerprint density at radius 3 is 2.19 bits per heavy atom. The largest absolute Gasteiger partial charge is 0.354 e. The molecule has 1 heterocycles. The lowest BCUT2D eigenvalue weighted by atomic mass is 9.99. The minimum Gasteiger partial charge on any atom is -0.354 e. The first-order valence-electron chi connectivity index (χ1n) is 7.01. The molecule has 0 saturated heterocycles. The van der Waals surface area contributed by atoms with Gasteiger partial charge in [-0.15, -0.1) is 11.8 Å². The SMILES string of the molecule is CSc1cccc2[nH]c3cccc(-c4ccccc4)c3c12. The molecule has 4 rings (SSSR count). The van der Waals surface area contributed by atoms with Crippen LogP contribution in [-0.2, 0) is 0 Å². The smallest absolute Gasteiger partial charge is 0.0476 e. The van der Waals surface area contributed by atoms with E-state index >= 15 is 0 Å². The number of hydrogen-bond donors (Lipinski definition) is 1. The highest BCUT2D eigenvalue weighted by molar-refractivity contribution is 7.98. The van der Waals surface area contributed by atoms with Crippen LogP contribution in [0.25, 0.3) is 32.9 Å². The monoisotopic (exact) mass is 289 g/mol. The maximum absolute atomic E-state index is 3.55. The van der Waals surface area contributed by atoms with E-state index in [2.05, 4.69) is 78.0 Å². The number of benzene rings is 3. The lowest BCUT2D eigenvalue weighted by Gasteiger charge is -2.06. The van der Waals surface area contributed by atoms with Gasteiger partial charge in [0, 0.05) is 26.7 Å². The fourth-order valence-corrected chi connectivity index (χ4v) is 3.62. The predicted molar refractivity (Wildman–Crippen MR) is 93.0 cm³/mol. The number of rotatable bonds is 2. The third kappa shape index (κ3) is 1.95. The second-order valence-electron chi connectivity index (χ2n) is 5.10. The lowest BCUT2D eigenvalue weighted by Crippen LogP contribution is -1.80. The van der Waals surface area contributed by atoms with E-state index in [0.29, 0.717) is 0 Å². The highest BCUT2D eigenvalue weighted by Crippen LogP contribution is 2.38. The second-order valence-corrected chi connectivity index (χ2v) is 5.95. The van der Waals surface area contributed by atoms with Crippen LogP contribution >= 0.6 is 11.8 Å². The van der Waals surface area contributed by atoms with E-state index in [1.54, 1.807) is 11.8 Å². The predicted octanol–water partition coefficient (Wildman–Crippen LogP) is 5.71. The van der Waals surface area contributed by atoms with Gasteiger partial charge in [0.05, 0.1) is 0 Å². The quantitative estimate of drug-likeness (QED) is 0.467. The number of aromatic nitrogens is 1. The molecule has 0 amide bonds. The van der Waals surface area contributed by atoms with Crippen molar-refractivity contribution in [3.05, 3.63) is 66.7 Å². The first kappa shape index (κ1) is 12.5. The van der Waals surface area contributed by atoms with Crippen molar-refractivity contribution in [2.24, 2.45) is 0 Å². The van der Waals surface area contributed by atoms with Crippen molar-refractivity contribution in [2.75, 3.05) is 6.26 Å². The Kier molecular flexibility index (Phi) is 2.97. The molecule has 3 aromatic carbocycles. The molecular formula is C19H15NS. The molecule has 0 aliphatic carbocycles. The van der Waals surface area contributed by atoms with Crippen molar-refractivity contribution in [3.8, 4) is 11.1 Å². The van der Waals surface area contributed by atoms with Gasteiger partial charge in [0.15, 0.2) is 0 Å². The molecule has 0 saturated carbocycles. The highest BCUT2D eigenvalue weighted by atomic mass is 32.2.